The standard InChI is InChI=1S/C18H26FNO/c1-2-4-15-5-3-12-20(13-10-15)14-11-18(21)16-6-8-17(19)9-7-16/h6-9,15H,2-5,10-14H2,1H3. The van der Waals surface area contributed by atoms with E-state index in [0.29, 0.717) is 12.0 Å². The van der Waals surface area contributed by atoms with Crippen LogP contribution in [0.1, 0.15) is 55.8 Å². The molecule has 1 heterocycles. The first kappa shape index (κ1) is 16.2. The number of rotatable bonds is 6. The molecule has 1 atom stereocenters. The molecule has 1 unspecified atom stereocenters. The number of Topliss-reactive ketones (excluding diaryl/α,β-unsaturated/α-hetero) is 1. The Morgan fingerprint density at radius 2 is 2.00 bits per heavy atom. The third-order valence-corrected chi connectivity index (χ3v) is 4.46. The molecule has 1 aliphatic rings. The minimum Gasteiger partial charge on any atom is -0.303 e. The number of hydrogen-bond donors (Lipinski definition) is 0. The van der Waals surface area contributed by atoms with Crippen LogP contribution in [0.15, 0.2) is 24.3 Å². The Morgan fingerprint density at radius 1 is 1.24 bits per heavy atom. The van der Waals surface area contributed by atoms with E-state index in [1.807, 2.05) is 0 Å². The second-order valence-electron chi connectivity index (χ2n) is 6.11. The summed E-state index contributed by atoms with van der Waals surface area (Å²) in [6, 6.07) is 5.87. The maximum Gasteiger partial charge on any atom is 0.164 e. The lowest BCUT2D eigenvalue weighted by Crippen LogP contribution is -2.27. The lowest BCUT2D eigenvalue weighted by molar-refractivity contribution is 0.0964. The third-order valence-electron chi connectivity index (χ3n) is 4.46. The van der Waals surface area contributed by atoms with Crippen LogP contribution in [0.25, 0.3) is 0 Å². The summed E-state index contributed by atoms with van der Waals surface area (Å²) in [6.07, 6.45) is 6.98. The normalized spacial score (nSPS) is 20.2. The van der Waals surface area contributed by atoms with Gasteiger partial charge in [-0.2, -0.15) is 0 Å². The summed E-state index contributed by atoms with van der Waals surface area (Å²) >= 11 is 0. The van der Waals surface area contributed by atoms with Crippen molar-refractivity contribution < 1.29 is 9.18 Å². The van der Waals surface area contributed by atoms with Crippen LogP contribution in [0, 0.1) is 11.7 Å². The predicted molar refractivity (Wildman–Crippen MR) is 84.0 cm³/mol. The number of carbonyl (C=O) groups is 1. The van der Waals surface area contributed by atoms with Gasteiger partial charge in [-0.25, -0.2) is 4.39 Å². The van der Waals surface area contributed by atoms with Crippen LogP contribution in [0.5, 0.6) is 0 Å². The SMILES string of the molecule is CCCC1CCCN(CCC(=O)c2ccc(F)cc2)CC1. The highest BCUT2D eigenvalue weighted by molar-refractivity contribution is 5.96. The fraction of sp³-hybridized carbons (Fsp3) is 0.611. The van der Waals surface area contributed by atoms with Gasteiger partial charge in [0.2, 0.25) is 0 Å². The topological polar surface area (TPSA) is 20.3 Å². The maximum atomic E-state index is 12.9. The minimum absolute atomic E-state index is 0.115. The summed E-state index contributed by atoms with van der Waals surface area (Å²) in [7, 11) is 0. The molecule has 0 spiro atoms. The molecule has 0 N–H and O–H groups in total. The summed E-state index contributed by atoms with van der Waals surface area (Å²) in [4.78, 5) is 14.5. The van der Waals surface area contributed by atoms with Crippen LogP contribution in [-0.4, -0.2) is 30.3 Å². The summed E-state index contributed by atoms with van der Waals surface area (Å²) in [5.41, 5.74) is 0.620. The number of hydrogen-bond acceptors (Lipinski definition) is 2. The van der Waals surface area contributed by atoms with E-state index in [0.717, 1.165) is 25.6 Å². The Kier molecular flexibility index (Phi) is 6.37. The largest absolute Gasteiger partial charge is 0.303 e. The van der Waals surface area contributed by atoms with Gasteiger partial charge in [0.15, 0.2) is 5.78 Å². The average Bonchev–Trinajstić information content (AvgIpc) is 2.71. The number of ketones is 1. The molecule has 3 heteroatoms. The molecule has 2 rings (SSSR count). The molecule has 1 aromatic carbocycles. The molecule has 2 nitrogen and oxygen atoms in total. The van der Waals surface area contributed by atoms with Gasteiger partial charge in [-0.1, -0.05) is 19.8 Å². The van der Waals surface area contributed by atoms with Crippen molar-refractivity contribution in [1.29, 1.82) is 0 Å². The van der Waals surface area contributed by atoms with Crippen molar-refractivity contribution >= 4 is 5.78 Å². The van der Waals surface area contributed by atoms with Crippen molar-refractivity contribution in [3.63, 3.8) is 0 Å². The number of nitrogens with zero attached hydrogens (tertiary/aromatic N) is 1. The molecule has 21 heavy (non-hydrogen) atoms. The van der Waals surface area contributed by atoms with Gasteiger partial charge in [-0.3, -0.25) is 4.79 Å². The number of carbonyl (C=O) groups excluding carboxylic acids is 1. The zero-order valence-corrected chi connectivity index (χ0v) is 13.0. The molecule has 1 aromatic rings. The Balaban J connectivity index is 1.77. The Bertz CT molecular complexity index is 443. The van der Waals surface area contributed by atoms with Crippen molar-refractivity contribution in [2.75, 3.05) is 19.6 Å². The average molecular weight is 291 g/mol. The number of halogens is 1. The van der Waals surface area contributed by atoms with E-state index in [1.54, 1.807) is 12.1 Å². The van der Waals surface area contributed by atoms with Crippen LogP contribution in [-0.2, 0) is 0 Å². The molecule has 0 bridgehead atoms. The molecule has 1 aliphatic heterocycles. The summed E-state index contributed by atoms with van der Waals surface area (Å²) < 4.78 is 12.9. The summed E-state index contributed by atoms with van der Waals surface area (Å²) in [5, 5.41) is 0. The molecule has 0 aromatic heterocycles. The number of likely N-dealkylation sites (tertiary alicyclic amines) is 1. The van der Waals surface area contributed by atoms with Gasteiger partial charge in [0.25, 0.3) is 0 Å². The third kappa shape index (κ3) is 5.24. The first-order valence-corrected chi connectivity index (χ1v) is 8.20. The smallest absolute Gasteiger partial charge is 0.164 e. The highest BCUT2D eigenvalue weighted by atomic mass is 19.1. The van der Waals surface area contributed by atoms with E-state index in [4.69, 9.17) is 0 Å². The molecule has 0 amide bonds. The van der Waals surface area contributed by atoms with E-state index in [9.17, 15) is 9.18 Å². The molecular formula is C18H26FNO. The van der Waals surface area contributed by atoms with E-state index in [-0.39, 0.29) is 11.6 Å². The summed E-state index contributed by atoms with van der Waals surface area (Å²) in [6.45, 7) is 5.30. The zero-order valence-electron chi connectivity index (χ0n) is 13.0. The van der Waals surface area contributed by atoms with E-state index >= 15 is 0 Å². The molecule has 0 saturated carbocycles. The lowest BCUT2D eigenvalue weighted by atomic mass is 9.96. The molecular weight excluding hydrogens is 265 g/mol. The molecule has 116 valence electrons. The molecule has 1 saturated heterocycles. The Hall–Kier alpha value is -1.22. The van der Waals surface area contributed by atoms with Crippen LogP contribution in [0.4, 0.5) is 4.39 Å². The minimum atomic E-state index is -0.291. The van der Waals surface area contributed by atoms with Gasteiger partial charge in [-0.15, -0.1) is 0 Å². The van der Waals surface area contributed by atoms with E-state index in [1.165, 1.54) is 44.2 Å². The van der Waals surface area contributed by atoms with E-state index < -0.39 is 0 Å². The van der Waals surface area contributed by atoms with E-state index in [2.05, 4.69) is 11.8 Å². The molecule has 1 fully saturated rings. The fourth-order valence-corrected chi connectivity index (χ4v) is 3.19. The maximum absolute atomic E-state index is 12.9. The second kappa shape index (κ2) is 8.28. The molecule has 0 radical (unpaired) electrons. The van der Waals surface area contributed by atoms with Crippen LogP contribution >= 0.6 is 0 Å². The Morgan fingerprint density at radius 3 is 2.71 bits per heavy atom. The van der Waals surface area contributed by atoms with Gasteiger partial charge >= 0.3 is 0 Å². The predicted octanol–water partition coefficient (Wildman–Crippen LogP) is 4.30. The Labute approximate surface area is 127 Å². The highest BCUT2D eigenvalue weighted by Gasteiger charge is 2.17. The molecule has 0 aliphatic carbocycles. The van der Waals surface area contributed by atoms with Crippen LogP contribution in [0.2, 0.25) is 0 Å². The first-order chi connectivity index (χ1) is 10.2. The highest BCUT2D eigenvalue weighted by Crippen LogP contribution is 2.22. The van der Waals surface area contributed by atoms with Crippen molar-refractivity contribution in [3.05, 3.63) is 35.6 Å². The van der Waals surface area contributed by atoms with Crippen molar-refractivity contribution in [2.24, 2.45) is 5.92 Å². The van der Waals surface area contributed by atoms with Gasteiger partial charge < -0.3 is 4.90 Å². The van der Waals surface area contributed by atoms with Gasteiger partial charge in [0, 0.05) is 18.5 Å². The lowest BCUT2D eigenvalue weighted by Gasteiger charge is -2.19. The fourth-order valence-electron chi connectivity index (χ4n) is 3.19. The first-order valence-electron chi connectivity index (χ1n) is 8.20. The summed E-state index contributed by atoms with van der Waals surface area (Å²) in [5.74, 6) is 0.693. The number of benzene rings is 1. The van der Waals surface area contributed by atoms with Gasteiger partial charge in [0.1, 0.15) is 5.82 Å². The van der Waals surface area contributed by atoms with Crippen molar-refractivity contribution in [2.45, 2.75) is 45.4 Å². The van der Waals surface area contributed by atoms with Gasteiger partial charge in [0.05, 0.1) is 0 Å². The van der Waals surface area contributed by atoms with Gasteiger partial charge in [-0.05, 0) is 62.5 Å². The van der Waals surface area contributed by atoms with Crippen molar-refractivity contribution in [3.8, 4) is 0 Å². The zero-order chi connectivity index (χ0) is 15.1. The van der Waals surface area contributed by atoms with Crippen LogP contribution in [0.3, 0.4) is 0 Å². The monoisotopic (exact) mass is 291 g/mol. The van der Waals surface area contributed by atoms with Crippen molar-refractivity contribution in [1.82, 2.24) is 4.90 Å². The quantitative estimate of drug-likeness (QED) is 0.728. The van der Waals surface area contributed by atoms with Crippen LogP contribution < -0.4 is 0 Å². The second-order valence-corrected chi connectivity index (χ2v) is 6.11.